The summed E-state index contributed by atoms with van der Waals surface area (Å²) < 4.78 is 0. The minimum atomic E-state index is -0.595. The summed E-state index contributed by atoms with van der Waals surface area (Å²) in [6.45, 7) is 1.83. The largest absolute Gasteiger partial charge is 0.390 e. The molecule has 1 aliphatic heterocycles. The van der Waals surface area contributed by atoms with Gasteiger partial charge in [0.05, 0.1) is 18.3 Å². The van der Waals surface area contributed by atoms with Crippen molar-refractivity contribution >= 4 is 5.91 Å². The summed E-state index contributed by atoms with van der Waals surface area (Å²) in [6, 6.07) is 3.58. The molecule has 2 atom stereocenters. The number of aliphatic hydroxyl groups excluding tert-OH is 1. The number of likely N-dealkylation sites (tertiary alicyclic amines) is 1. The lowest BCUT2D eigenvalue weighted by molar-refractivity contribution is 0.0883. The molecule has 1 fully saturated rings. The summed E-state index contributed by atoms with van der Waals surface area (Å²) in [6.07, 6.45) is 7.28. The highest BCUT2D eigenvalue weighted by atomic mass is 16.3. The van der Waals surface area contributed by atoms with Crippen LogP contribution in [-0.2, 0) is 6.54 Å². The summed E-state index contributed by atoms with van der Waals surface area (Å²) >= 11 is 0. The zero-order valence-corrected chi connectivity index (χ0v) is 12.0. The number of nitrogens with one attached hydrogen (secondary N) is 1. The van der Waals surface area contributed by atoms with Gasteiger partial charge in [0, 0.05) is 44.4 Å². The lowest BCUT2D eigenvalue weighted by Crippen LogP contribution is -2.43. The lowest BCUT2D eigenvalue weighted by atomic mass is 10.2. The van der Waals surface area contributed by atoms with Gasteiger partial charge in [0.15, 0.2) is 0 Å². The number of amides is 1. The van der Waals surface area contributed by atoms with Gasteiger partial charge in [-0.1, -0.05) is 0 Å². The maximum atomic E-state index is 12.1. The molecule has 0 aliphatic carbocycles. The number of β-amino-alcohol motifs (C(OH)–C–C–N with tert-alkyl or cyclic N) is 1. The van der Waals surface area contributed by atoms with E-state index >= 15 is 0 Å². The van der Waals surface area contributed by atoms with Crippen molar-refractivity contribution in [2.75, 3.05) is 13.1 Å². The number of rotatable bonds is 4. The third-order valence-electron chi connectivity index (χ3n) is 3.63. The Labute approximate surface area is 128 Å². The van der Waals surface area contributed by atoms with Crippen LogP contribution in [0.5, 0.6) is 0 Å². The van der Waals surface area contributed by atoms with E-state index in [1.165, 1.54) is 18.6 Å². The fourth-order valence-electron chi connectivity index (χ4n) is 2.54. The predicted molar refractivity (Wildman–Crippen MR) is 78.8 cm³/mol. The minimum Gasteiger partial charge on any atom is -0.390 e. The first kappa shape index (κ1) is 14.6. The number of aliphatic hydroxyl groups is 1. The Morgan fingerprint density at radius 2 is 2.05 bits per heavy atom. The SMILES string of the molecule is O=C(N[C@@H]1CN(Cc2ccncc2)C[C@H]1O)c1cnccn1. The van der Waals surface area contributed by atoms with Gasteiger partial charge >= 0.3 is 0 Å². The molecule has 2 aromatic rings. The molecule has 0 saturated carbocycles. The van der Waals surface area contributed by atoms with E-state index in [4.69, 9.17) is 0 Å². The molecule has 7 nitrogen and oxygen atoms in total. The van der Waals surface area contributed by atoms with E-state index in [9.17, 15) is 9.90 Å². The van der Waals surface area contributed by atoms with Gasteiger partial charge < -0.3 is 10.4 Å². The van der Waals surface area contributed by atoms with Crippen LogP contribution in [0, 0.1) is 0 Å². The van der Waals surface area contributed by atoms with Crippen molar-refractivity contribution in [3.05, 3.63) is 54.4 Å². The molecule has 7 heteroatoms. The number of hydrogen-bond acceptors (Lipinski definition) is 6. The van der Waals surface area contributed by atoms with Crippen LogP contribution < -0.4 is 5.32 Å². The molecular formula is C15H17N5O2. The van der Waals surface area contributed by atoms with Crippen LogP contribution in [-0.4, -0.2) is 56.1 Å². The third kappa shape index (κ3) is 3.44. The van der Waals surface area contributed by atoms with Crippen molar-refractivity contribution < 1.29 is 9.90 Å². The van der Waals surface area contributed by atoms with E-state index in [1.807, 2.05) is 12.1 Å². The van der Waals surface area contributed by atoms with Crippen molar-refractivity contribution in [2.45, 2.75) is 18.7 Å². The Kier molecular flexibility index (Phi) is 4.36. The number of pyridine rings is 1. The van der Waals surface area contributed by atoms with Gasteiger partial charge in [-0.3, -0.25) is 19.7 Å². The van der Waals surface area contributed by atoms with Gasteiger partial charge in [0.25, 0.3) is 5.91 Å². The van der Waals surface area contributed by atoms with Crippen LogP contribution in [0.15, 0.2) is 43.1 Å². The second-order valence-corrected chi connectivity index (χ2v) is 5.29. The first-order valence-electron chi connectivity index (χ1n) is 7.08. The summed E-state index contributed by atoms with van der Waals surface area (Å²) in [5, 5.41) is 12.9. The van der Waals surface area contributed by atoms with Gasteiger partial charge in [-0.25, -0.2) is 4.98 Å². The van der Waals surface area contributed by atoms with Crippen molar-refractivity contribution in [3.8, 4) is 0 Å². The average molecular weight is 299 g/mol. The molecule has 0 unspecified atom stereocenters. The standard InChI is InChI=1S/C15H17N5O2/c21-14-10-20(8-11-1-3-16-4-2-11)9-13(14)19-15(22)12-7-17-5-6-18-12/h1-7,13-14,21H,8-10H2,(H,19,22)/t13-,14-/m1/s1. The Bertz CT molecular complexity index is 622. The molecule has 1 aliphatic rings. The van der Waals surface area contributed by atoms with E-state index in [0.717, 1.165) is 12.1 Å². The van der Waals surface area contributed by atoms with Crippen LogP contribution in [0.2, 0.25) is 0 Å². The van der Waals surface area contributed by atoms with Gasteiger partial charge in [-0.2, -0.15) is 0 Å². The van der Waals surface area contributed by atoms with E-state index in [2.05, 4.69) is 25.2 Å². The Morgan fingerprint density at radius 1 is 1.23 bits per heavy atom. The number of aromatic nitrogens is 3. The minimum absolute atomic E-state index is 0.252. The summed E-state index contributed by atoms with van der Waals surface area (Å²) in [7, 11) is 0. The van der Waals surface area contributed by atoms with Crippen molar-refractivity contribution in [1.29, 1.82) is 0 Å². The molecule has 3 heterocycles. The number of carbonyl (C=O) groups is 1. The predicted octanol–water partition coefficient (Wildman–Crippen LogP) is -0.153. The molecule has 114 valence electrons. The maximum absolute atomic E-state index is 12.1. The topological polar surface area (TPSA) is 91.2 Å². The Hall–Kier alpha value is -2.38. The third-order valence-corrected chi connectivity index (χ3v) is 3.63. The normalized spacial score (nSPS) is 21.7. The second-order valence-electron chi connectivity index (χ2n) is 5.29. The smallest absolute Gasteiger partial charge is 0.271 e. The van der Waals surface area contributed by atoms with Crippen molar-refractivity contribution in [3.63, 3.8) is 0 Å². The molecule has 0 bridgehead atoms. The zero-order chi connectivity index (χ0) is 15.4. The van der Waals surface area contributed by atoms with Gasteiger partial charge in [-0.15, -0.1) is 0 Å². The van der Waals surface area contributed by atoms with Gasteiger partial charge in [0.1, 0.15) is 5.69 Å². The number of hydrogen-bond donors (Lipinski definition) is 2. The van der Waals surface area contributed by atoms with Crippen LogP contribution in [0.4, 0.5) is 0 Å². The van der Waals surface area contributed by atoms with E-state index in [-0.39, 0.29) is 17.6 Å². The zero-order valence-electron chi connectivity index (χ0n) is 12.0. The van der Waals surface area contributed by atoms with Crippen LogP contribution in [0.25, 0.3) is 0 Å². The second kappa shape index (κ2) is 6.59. The molecular weight excluding hydrogens is 282 g/mol. The fraction of sp³-hybridized carbons (Fsp3) is 0.333. The molecule has 0 aromatic carbocycles. The highest BCUT2D eigenvalue weighted by Gasteiger charge is 2.32. The van der Waals surface area contributed by atoms with Gasteiger partial charge in [0.2, 0.25) is 0 Å². The summed E-state index contributed by atoms with van der Waals surface area (Å²) in [5.41, 5.74) is 1.38. The fourth-order valence-corrected chi connectivity index (χ4v) is 2.54. The monoisotopic (exact) mass is 299 g/mol. The van der Waals surface area contributed by atoms with E-state index in [0.29, 0.717) is 13.1 Å². The molecule has 1 amide bonds. The summed E-state index contributed by atoms with van der Waals surface area (Å²) in [5.74, 6) is -0.317. The molecule has 2 N–H and O–H groups in total. The molecule has 2 aromatic heterocycles. The first-order chi connectivity index (χ1) is 10.7. The Balaban J connectivity index is 1.58. The number of carbonyl (C=O) groups excluding carboxylic acids is 1. The average Bonchev–Trinajstić information content (AvgIpc) is 2.88. The molecule has 22 heavy (non-hydrogen) atoms. The summed E-state index contributed by atoms with van der Waals surface area (Å²) in [4.78, 5) is 26.0. The lowest BCUT2D eigenvalue weighted by Gasteiger charge is -2.16. The van der Waals surface area contributed by atoms with Crippen LogP contribution in [0.1, 0.15) is 16.1 Å². The van der Waals surface area contributed by atoms with E-state index in [1.54, 1.807) is 12.4 Å². The molecule has 0 spiro atoms. The first-order valence-corrected chi connectivity index (χ1v) is 7.08. The highest BCUT2D eigenvalue weighted by molar-refractivity contribution is 5.92. The maximum Gasteiger partial charge on any atom is 0.271 e. The van der Waals surface area contributed by atoms with Crippen LogP contribution >= 0.6 is 0 Å². The molecule has 1 saturated heterocycles. The molecule has 3 rings (SSSR count). The Morgan fingerprint density at radius 3 is 2.77 bits per heavy atom. The number of nitrogens with zero attached hydrogens (tertiary/aromatic N) is 4. The molecule has 0 radical (unpaired) electrons. The van der Waals surface area contributed by atoms with Gasteiger partial charge in [-0.05, 0) is 17.7 Å². The highest BCUT2D eigenvalue weighted by Crippen LogP contribution is 2.14. The van der Waals surface area contributed by atoms with Crippen molar-refractivity contribution in [1.82, 2.24) is 25.2 Å². The van der Waals surface area contributed by atoms with Crippen LogP contribution in [0.3, 0.4) is 0 Å². The van der Waals surface area contributed by atoms with E-state index < -0.39 is 6.10 Å². The van der Waals surface area contributed by atoms with Crippen molar-refractivity contribution in [2.24, 2.45) is 0 Å². The quantitative estimate of drug-likeness (QED) is 0.815.